The lowest BCUT2D eigenvalue weighted by Crippen LogP contribution is -2.46. The molecule has 2 aromatic carbocycles. The maximum absolute atomic E-state index is 13.3. The van der Waals surface area contributed by atoms with Gasteiger partial charge in [0, 0.05) is 24.2 Å². The Morgan fingerprint density at radius 2 is 2.06 bits per heavy atom. The molecule has 0 aliphatic carbocycles. The van der Waals surface area contributed by atoms with E-state index in [0.29, 0.717) is 42.3 Å². The first kappa shape index (κ1) is 25.3. The summed E-state index contributed by atoms with van der Waals surface area (Å²) in [5, 5.41) is 6.03. The third kappa shape index (κ3) is 7.62. The number of carbonyl (C=O) groups is 3. The van der Waals surface area contributed by atoms with Crippen LogP contribution in [0.1, 0.15) is 30.1 Å². The van der Waals surface area contributed by atoms with Gasteiger partial charge < -0.3 is 25.0 Å². The molecule has 1 aliphatic rings. The third-order valence-corrected chi connectivity index (χ3v) is 5.30. The molecule has 0 saturated carbocycles. The number of benzene rings is 2. The first-order valence-electron chi connectivity index (χ1n) is 11.0. The summed E-state index contributed by atoms with van der Waals surface area (Å²) >= 11 is 6.04. The van der Waals surface area contributed by atoms with Gasteiger partial charge in [0.25, 0.3) is 11.8 Å². The van der Waals surface area contributed by atoms with Gasteiger partial charge in [0.2, 0.25) is 5.91 Å². The van der Waals surface area contributed by atoms with Crippen LogP contribution in [0.5, 0.6) is 11.5 Å². The van der Waals surface area contributed by atoms with Crippen LogP contribution in [0.25, 0.3) is 0 Å². The zero-order valence-electron chi connectivity index (χ0n) is 18.8. The minimum atomic E-state index is -0.471. The highest BCUT2D eigenvalue weighted by atomic mass is 35.5. The lowest BCUT2D eigenvalue weighted by Gasteiger charge is -2.23. The molecule has 0 fully saturated rings. The summed E-state index contributed by atoms with van der Waals surface area (Å²) in [4.78, 5) is 39.3. The molecule has 0 bridgehead atoms. The van der Waals surface area contributed by atoms with Crippen LogP contribution in [0.4, 0.5) is 4.39 Å². The van der Waals surface area contributed by atoms with Gasteiger partial charge >= 0.3 is 0 Å². The summed E-state index contributed by atoms with van der Waals surface area (Å²) in [5.41, 5.74) is 0.312. The molecule has 0 radical (unpaired) electrons. The predicted octanol–water partition coefficient (Wildman–Crippen LogP) is 2.79. The Balaban J connectivity index is 1.66. The van der Waals surface area contributed by atoms with Crippen LogP contribution in [0, 0.1) is 5.82 Å². The summed E-state index contributed by atoms with van der Waals surface area (Å²) in [6.07, 6.45) is 1.13. The molecule has 3 amide bonds. The van der Waals surface area contributed by atoms with Crippen molar-refractivity contribution in [3.63, 3.8) is 0 Å². The molecular formula is C24H27ClFN3O5. The summed E-state index contributed by atoms with van der Waals surface area (Å²) < 4.78 is 24.5. The van der Waals surface area contributed by atoms with Crippen molar-refractivity contribution in [2.75, 3.05) is 32.8 Å². The first-order chi connectivity index (χ1) is 16.3. The van der Waals surface area contributed by atoms with Crippen molar-refractivity contribution in [2.24, 2.45) is 0 Å². The van der Waals surface area contributed by atoms with E-state index >= 15 is 0 Å². The van der Waals surface area contributed by atoms with Crippen molar-refractivity contribution in [1.82, 2.24) is 15.5 Å². The summed E-state index contributed by atoms with van der Waals surface area (Å²) in [6.45, 7) is 2.04. The summed E-state index contributed by atoms with van der Waals surface area (Å²) in [7, 11) is 0. The van der Waals surface area contributed by atoms with Gasteiger partial charge in [-0.1, -0.05) is 17.7 Å². The van der Waals surface area contributed by atoms with Gasteiger partial charge in [-0.15, -0.1) is 0 Å². The van der Waals surface area contributed by atoms with Crippen molar-refractivity contribution in [2.45, 2.75) is 25.8 Å². The van der Waals surface area contributed by atoms with Gasteiger partial charge in [0.05, 0.1) is 18.2 Å². The molecule has 1 atom stereocenters. The topological polar surface area (TPSA) is 97.0 Å². The van der Waals surface area contributed by atoms with Crippen molar-refractivity contribution < 1.29 is 28.2 Å². The van der Waals surface area contributed by atoms with Crippen LogP contribution in [0.2, 0.25) is 5.02 Å². The molecule has 10 heteroatoms. The number of hydrogen-bond donors (Lipinski definition) is 2. The Labute approximate surface area is 202 Å². The predicted molar refractivity (Wildman–Crippen MR) is 125 cm³/mol. The number of nitrogens with zero attached hydrogens (tertiary/aromatic N) is 1. The molecule has 34 heavy (non-hydrogen) atoms. The fourth-order valence-electron chi connectivity index (χ4n) is 3.37. The maximum Gasteiger partial charge on any atom is 0.260 e. The van der Waals surface area contributed by atoms with Crippen LogP contribution in [-0.4, -0.2) is 61.5 Å². The van der Waals surface area contributed by atoms with E-state index in [1.54, 1.807) is 25.1 Å². The summed E-state index contributed by atoms with van der Waals surface area (Å²) in [5.74, 6) is -0.954. The Hall–Kier alpha value is -3.33. The molecule has 182 valence electrons. The van der Waals surface area contributed by atoms with E-state index in [4.69, 9.17) is 21.1 Å². The highest BCUT2D eigenvalue weighted by Crippen LogP contribution is 2.23. The van der Waals surface area contributed by atoms with Crippen molar-refractivity contribution in [3.8, 4) is 11.5 Å². The Morgan fingerprint density at radius 3 is 2.85 bits per heavy atom. The van der Waals surface area contributed by atoms with Crippen LogP contribution in [0.3, 0.4) is 0 Å². The van der Waals surface area contributed by atoms with Crippen LogP contribution < -0.4 is 20.1 Å². The molecule has 0 saturated heterocycles. The fourth-order valence-corrected chi connectivity index (χ4v) is 3.54. The number of hydrogen-bond acceptors (Lipinski definition) is 5. The standard InChI is InChI=1S/C24H27ClFN3O5/c1-16-14-34-21-8-7-17(25)11-20(21)24(32)27-9-2-3-10-29(13-22(30)28-16)23(31)15-33-19-6-4-5-18(26)12-19/h4-8,11-12,16H,2-3,9-10,13-15H2,1H3,(H,27,32)(H,28,30)/t16-/m1/s1. The molecule has 8 nitrogen and oxygen atoms in total. The number of fused-ring (bicyclic) bond motifs is 1. The number of ether oxygens (including phenoxy) is 2. The second-order valence-corrected chi connectivity index (χ2v) is 8.38. The lowest BCUT2D eigenvalue weighted by atomic mass is 10.2. The van der Waals surface area contributed by atoms with Gasteiger partial charge in [-0.05, 0) is 50.1 Å². The minimum Gasteiger partial charge on any atom is -0.491 e. The number of amides is 3. The molecule has 1 heterocycles. The molecule has 2 aromatic rings. The van der Waals surface area contributed by atoms with Crippen LogP contribution in [0.15, 0.2) is 42.5 Å². The number of carbonyl (C=O) groups excluding carboxylic acids is 3. The molecule has 2 N–H and O–H groups in total. The van der Waals surface area contributed by atoms with E-state index in [1.807, 2.05) is 0 Å². The SMILES string of the molecule is C[C@@H]1COc2ccc(Cl)cc2C(=O)NCCCCN(C(=O)COc2cccc(F)c2)CC(=O)N1. The van der Waals surface area contributed by atoms with E-state index in [-0.39, 0.29) is 43.4 Å². The van der Waals surface area contributed by atoms with Gasteiger partial charge in [-0.2, -0.15) is 0 Å². The first-order valence-corrected chi connectivity index (χ1v) is 11.4. The van der Waals surface area contributed by atoms with Gasteiger partial charge in [-0.25, -0.2) is 4.39 Å². The molecule has 0 aromatic heterocycles. The zero-order valence-corrected chi connectivity index (χ0v) is 19.6. The van der Waals surface area contributed by atoms with E-state index in [2.05, 4.69) is 10.6 Å². The maximum atomic E-state index is 13.3. The lowest BCUT2D eigenvalue weighted by molar-refractivity contribution is -0.138. The van der Waals surface area contributed by atoms with Crippen molar-refractivity contribution >= 4 is 29.3 Å². The van der Waals surface area contributed by atoms with E-state index in [0.717, 1.165) is 0 Å². The van der Waals surface area contributed by atoms with Gasteiger partial charge in [0.15, 0.2) is 6.61 Å². The Bertz CT molecular complexity index is 1040. The highest BCUT2D eigenvalue weighted by Gasteiger charge is 2.20. The quantitative estimate of drug-likeness (QED) is 0.688. The number of nitrogens with one attached hydrogen (secondary N) is 2. The molecule has 3 rings (SSSR count). The van der Waals surface area contributed by atoms with Crippen molar-refractivity contribution in [3.05, 3.63) is 58.9 Å². The highest BCUT2D eigenvalue weighted by molar-refractivity contribution is 6.31. The van der Waals surface area contributed by atoms with E-state index in [1.165, 1.54) is 29.2 Å². The zero-order chi connectivity index (χ0) is 24.5. The van der Waals surface area contributed by atoms with Crippen molar-refractivity contribution in [1.29, 1.82) is 0 Å². The van der Waals surface area contributed by atoms with Gasteiger partial charge in [-0.3, -0.25) is 14.4 Å². The number of rotatable bonds is 3. The normalized spacial score (nSPS) is 17.9. The number of halogens is 2. The Morgan fingerprint density at radius 1 is 1.24 bits per heavy atom. The molecule has 0 unspecified atom stereocenters. The second kappa shape index (κ2) is 12.2. The van der Waals surface area contributed by atoms with E-state index in [9.17, 15) is 18.8 Å². The third-order valence-electron chi connectivity index (χ3n) is 5.07. The summed E-state index contributed by atoms with van der Waals surface area (Å²) in [6, 6.07) is 9.88. The monoisotopic (exact) mass is 491 g/mol. The smallest absolute Gasteiger partial charge is 0.260 e. The van der Waals surface area contributed by atoms with Gasteiger partial charge in [0.1, 0.15) is 23.9 Å². The second-order valence-electron chi connectivity index (χ2n) is 7.94. The average molecular weight is 492 g/mol. The van der Waals surface area contributed by atoms with Crippen LogP contribution in [-0.2, 0) is 9.59 Å². The average Bonchev–Trinajstić information content (AvgIpc) is 2.80. The van der Waals surface area contributed by atoms with Crippen LogP contribution >= 0.6 is 11.6 Å². The largest absolute Gasteiger partial charge is 0.491 e. The molecular weight excluding hydrogens is 465 g/mol. The molecule has 0 spiro atoms. The minimum absolute atomic E-state index is 0.115. The fraction of sp³-hybridized carbons (Fsp3) is 0.375. The van der Waals surface area contributed by atoms with E-state index < -0.39 is 11.7 Å². The molecule has 1 aliphatic heterocycles. The Kier molecular flexibility index (Phi) is 9.09.